The van der Waals surface area contributed by atoms with Gasteiger partial charge >= 0.3 is 0 Å². The molecule has 184 valence electrons. The van der Waals surface area contributed by atoms with Crippen LogP contribution in [0.25, 0.3) is 0 Å². The van der Waals surface area contributed by atoms with Gasteiger partial charge in [0.1, 0.15) is 16.7 Å². The summed E-state index contributed by atoms with van der Waals surface area (Å²) < 4.78 is 22.6. The highest BCUT2D eigenvalue weighted by molar-refractivity contribution is 7.09. The van der Waals surface area contributed by atoms with E-state index in [2.05, 4.69) is 9.69 Å². The van der Waals surface area contributed by atoms with E-state index in [4.69, 9.17) is 16.2 Å². The number of ether oxygens (including phenoxy) is 1. The second-order valence-corrected chi connectivity index (χ2v) is 8.38. The molecule has 5 N–H and O–H groups in total. The van der Waals surface area contributed by atoms with Gasteiger partial charge in [-0.1, -0.05) is 42.5 Å². The van der Waals surface area contributed by atoms with Crippen molar-refractivity contribution in [3.63, 3.8) is 0 Å². The van der Waals surface area contributed by atoms with Gasteiger partial charge in [-0.05, 0) is 41.2 Å². The van der Waals surface area contributed by atoms with Crippen molar-refractivity contribution in [1.29, 1.82) is 0 Å². The zero-order valence-corrected chi connectivity index (χ0v) is 19.9. The molecule has 9 nitrogen and oxygen atoms in total. The molecule has 0 bridgehead atoms. The molecule has 0 saturated carbocycles. The van der Waals surface area contributed by atoms with Crippen LogP contribution < -0.4 is 16.8 Å². The van der Waals surface area contributed by atoms with Crippen molar-refractivity contribution in [3.8, 4) is 0 Å². The van der Waals surface area contributed by atoms with Crippen molar-refractivity contribution in [2.24, 2.45) is 5.73 Å². The molecule has 11 heteroatoms. The van der Waals surface area contributed by atoms with Crippen LogP contribution >= 0.6 is 11.5 Å². The summed E-state index contributed by atoms with van der Waals surface area (Å²) in [5.74, 6) is -2.42. The number of anilines is 1. The van der Waals surface area contributed by atoms with Gasteiger partial charge in [-0.2, -0.15) is 4.37 Å². The van der Waals surface area contributed by atoms with Crippen molar-refractivity contribution in [2.45, 2.75) is 12.5 Å². The zero-order valence-electron chi connectivity index (χ0n) is 19.1. The Balaban J connectivity index is 2.03. The van der Waals surface area contributed by atoms with Gasteiger partial charge in [0.15, 0.2) is 5.69 Å². The number of halogens is 1. The van der Waals surface area contributed by atoms with Crippen LogP contribution in [0.15, 0.2) is 54.6 Å². The number of carbonyl (C=O) groups is 3. The molecule has 0 saturated heterocycles. The lowest BCUT2D eigenvalue weighted by Gasteiger charge is -2.31. The Labute approximate surface area is 206 Å². The van der Waals surface area contributed by atoms with E-state index in [0.29, 0.717) is 12.0 Å². The minimum Gasteiger partial charge on any atom is -0.395 e. The number of nitrogens with two attached hydrogens (primary N) is 2. The fourth-order valence-electron chi connectivity index (χ4n) is 3.49. The summed E-state index contributed by atoms with van der Waals surface area (Å²) in [6.45, 7) is 0.609. The first-order valence-corrected chi connectivity index (χ1v) is 11.5. The Kier molecular flexibility index (Phi) is 8.87. The highest BCUT2D eigenvalue weighted by atomic mass is 32.1. The summed E-state index contributed by atoms with van der Waals surface area (Å²) in [4.78, 5) is 40.0. The maximum atomic E-state index is 13.7. The quantitative estimate of drug-likeness (QED) is 0.345. The molecule has 1 heterocycles. The number of aromatic nitrogens is 1. The van der Waals surface area contributed by atoms with Crippen molar-refractivity contribution in [2.75, 3.05) is 32.5 Å². The maximum absolute atomic E-state index is 13.7. The molecular weight excluding hydrogens is 473 g/mol. The molecule has 1 aromatic heterocycles. The fourth-order valence-corrected chi connectivity index (χ4v) is 4.25. The SMILES string of the molecule is COCCNC(=O)[C@@H](c1ccc(F)cc1)N(CCc1ccccc1)C(=O)c1snc(C(N)=O)c1N. The third-order valence-electron chi connectivity index (χ3n) is 5.25. The molecule has 35 heavy (non-hydrogen) atoms. The van der Waals surface area contributed by atoms with Gasteiger partial charge in [0, 0.05) is 20.2 Å². The van der Waals surface area contributed by atoms with Crippen LogP contribution in [0.1, 0.15) is 37.3 Å². The summed E-state index contributed by atoms with van der Waals surface area (Å²) in [5.41, 5.74) is 12.3. The van der Waals surface area contributed by atoms with Crippen molar-refractivity contribution in [3.05, 3.63) is 82.1 Å². The molecule has 0 aliphatic heterocycles. The Morgan fingerprint density at radius 2 is 1.83 bits per heavy atom. The van der Waals surface area contributed by atoms with Crippen molar-refractivity contribution >= 4 is 34.9 Å². The Hall–Kier alpha value is -3.83. The Bertz CT molecular complexity index is 1170. The van der Waals surface area contributed by atoms with Gasteiger partial charge < -0.3 is 26.4 Å². The number of nitrogen functional groups attached to an aromatic ring is 1. The van der Waals surface area contributed by atoms with E-state index in [0.717, 1.165) is 17.1 Å². The number of carbonyl (C=O) groups excluding carboxylic acids is 3. The average molecular weight is 500 g/mol. The first kappa shape index (κ1) is 25.8. The number of primary amides is 1. The van der Waals surface area contributed by atoms with Crippen molar-refractivity contribution < 1.29 is 23.5 Å². The zero-order chi connectivity index (χ0) is 25.4. The lowest BCUT2D eigenvalue weighted by molar-refractivity contribution is -0.126. The second-order valence-electron chi connectivity index (χ2n) is 7.61. The topological polar surface area (TPSA) is 141 Å². The molecule has 0 radical (unpaired) electrons. The first-order chi connectivity index (χ1) is 16.8. The summed E-state index contributed by atoms with van der Waals surface area (Å²) in [5, 5.41) is 2.75. The number of hydrogen-bond acceptors (Lipinski definition) is 7. The molecule has 0 aliphatic rings. The third kappa shape index (κ3) is 6.40. The minimum absolute atomic E-state index is 0.0105. The van der Waals surface area contributed by atoms with Gasteiger partial charge in [-0.25, -0.2) is 4.39 Å². The molecule has 3 aromatic rings. The van der Waals surface area contributed by atoms with Gasteiger partial charge in [-0.3, -0.25) is 14.4 Å². The van der Waals surface area contributed by atoms with Crippen LogP contribution in [0.4, 0.5) is 10.1 Å². The van der Waals surface area contributed by atoms with Crippen LogP contribution in [0.3, 0.4) is 0 Å². The highest BCUT2D eigenvalue weighted by Crippen LogP contribution is 2.29. The summed E-state index contributed by atoms with van der Waals surface area (Å²) in [6.07, 6.45) is 0.428. The van der Waals surface area contributed by atoms with Gasteiger partial charge in [0.2, 0.25) is 5.91 Å². The molecule has 0 fully saturated rings. The largest absolute Gasteiger partial charge is 0.395 e. The number of hydrogen-bond donors (Lipinski definition) is 3. The first-order valence-electron chi connectivity index (χ1n) is 10.8. The van der Waals surface area contributed by atoms with Crippen molar-refractivity contribution in [1.82, 2.24) is 14.6 Å². The molecule has 3 rings (SSSR count). The molecule has 2 aromatic carbocycles. The predicted molar refractivity (Wildman–Crippen MR) is 130 cm³/mol. The Morgan fingerprint density at radius 1 is 1.14 bits per heavy atom. The normalized spacial score (nSPS) is 11.6. The summed E-state index contributed by atoms with van der Waals surface area (Å²) in [6, 6.07) is 13.7. The van der Waals surface area contributed by atoms with Gasteiger partial charge in [0.05, 0.1) is 12.3 Å². The summed E-state index contributed by atoms with van der Waals surface area (Å²) >= 11 is 0.732. The minimum atomic E-state index is -1.11. The number of amides is 3. The van der Waals surface area contributed by atoms with E-state index >= 15 is 0 Å². The predicted octanol–water partition coefficient (Wildman–Crippen LogP) is 2.15. The fraction of sp³-hybridized carbons (Fsp3) is 0.250. The van der Waals surface area contributed by atoms with Crippen LogP contribution in [0, 0.1) is 5.82 Å². The lowest BCUT2D eigenvalue weighted by Crippen LogP contribution is -2.45. The summed E-state index contributed by atoms with van der Waals surface area (Å²) in [7, 11) is 1.50. The van der Waals surface area contributed by atoms with E-state index < -0.39 is 29.6 Å². The molecular formula is C24H26FN5O4S. The van der Waals surface area contributed by atoms with E-state index in [-0.39, 0.29) is 36.0 Å². The van der Waals surface area contributed by atoms with E-state index in [1.165, 1.54) is 36.3 Å². The highest BCUT2D eigenvalue weighted by Gasteiger charge is 2.34. The van der Waals surface area contributed by atoms with Crippen LogP contribution in [-0.4, -0.2) is 53.8 Å². The lowest BCUT2D eigenvalue weighted by atomic mass is 10.0. The molecule has 1 atom stereocenters. The number of nitrogens with one attached hydrogen (secondary N) is 1. The molecule has 0 unspecified atom stereocenters. The number of benzene rings is 2. The number of methoxy groups -OCH3 is 1. The smallest absolute Gasteiger partial charge is 0.270 e. The third-order valence-corrected chi connectivity index (χ3v) is 6.10. The maximum Gasteiger partial charge on any atom is 0.270 e. The molecule has 0 spiro atoms. The number of nitrogens with zero attached hydrogens (tertiary/aromatic N) is 2. The molecule has 3 amide bonds. The van der Waals surface area contributed by atoms with Crippen LogP contribution in [0.5, 0.6) is 0 Å². The Morgan fingerprint density at radius 3 is 2.43 bits per heavy atom. The van der Waals surface area contributed by atoms with E-state index in [9.17, 15) is 18.8 Å². The number of rotatable bonds is 11. The monoisotopic (exact) mass is 499 g/mol. The van der Waals surface area contributed by atoms with Crippen LogP contribution in [0.2, 0.25) is 0 Å². The van der Waals surface area contributed by atoms with Gasteiger partial charge in [-0.15, -0.1) is 0 Å². The second kappa shape index (κ2) is 12.0. The standard InChI is InChI=1S/C24H26FN5O4S/c1-34-14-12-28-23(32)20(16-7-9-17(25)10-8-16)30(13-11-15-5-3-2-4-6-15)24(33)21-18(26)19(22(27)31)29-35-21/h2-10,20H,11-14,26H2,1H3,(H2,27,31)(H,28,32)/t20-/m1/s1. The van der Waals surface area contributed by atoms with Crippen LogP contribution in [-0.2, 0) is 16.0 Å². The van der Waals surface area contributed by atoms with E-state index in [1.54, 1.807) is 0 Å². The van der Waals surface area contributed by atoms with E-state index in [1.807, 2.05) is 30.3 Å². The van der Waals surface area contributed by atoms with Gasteiger partial charge in [0.25, 0.3) is 11.8 Å². The average Bonchev–Trinajstić information content (AvgIpc) is 3.24. The molecule has 0 aliphatic carbocycles.